The number of carboxylic acids is 1. The SMILES string of the molecule is C=C(C(=O)O)c1cccc(N(C)CC(F)(F)F)c1. The third-order valence-corrected chi connectivity index (χ3v) is 2.31. The van der Waals surface area contributed by atoms with E-state index < -0.39 is 18.7 Å². The van der Waals surface area contributed by atoms with Crippen LogP contribution >= 0.6 is 0 Å². The van der Waals surface area contributed by atoms with Crippen LogP contribution in [0.25, 0.3) is 5.57 Å². The van der Waals surface area contributed by atoms with E-state index in [4.69, 9.17) is 5.11 Å². The van der Waals surface area contributed by atoms with Crippen molar-refractivity contribution < 1.29 is 23.1 Å². The quantitative estimate of drug-likeness (QED) is 0.845. The summed E-state index contributed by atoms with van der Waals surface area (Å²) in [5, 5.41) is 8.76. The number of benzene rings is 1. The molecule has 0 aliphatic rings. The highest BCUT2D eigenvalue weighted by atomic mass is 19.4. The second kappa shape index (κ2) is 5.12. The number of carbonyl (C=O) groups is 1. The van der Waals surface area contributed by atoms with Crippen LogP contribution in [0.3, 0.4) is 0 Å². The van der Waals surface area contributed by atoms with E-state index in [1.54, 1.807) is 0 Å². The molecular weight excluding hydrogens is 247 g/mol. The molecule has 1 N–H and O–H groups in total. The molecule has 98 valence electrons. The van der Waals surface area contributed by atoms with Crippen molar-refractivity contribution in [2.24, 2.45) is 0 Å². The van der Waals surface area contributed by atoms with Gasteiger partial charge in [0.05, 0.1) is 5.57 Å². The number of carboxylic acid groups (broad SMARTS) is 1. The van der Waals surface area contributed by atoms with E-state index in [1.165, 1.54) is 31.3 Å². The highest BCUT2D eigenvalue weighted by Gasteiger charge is 2.29. The second-order valence-electron chi connectivity index (χ2n) is 3.81. The number of aliphatic carboxylic acids is 1. The average Bonchev–Trinajstić information content (AvgIpc) is 2.25. The van der Waals surface area contributed by atoms with Crippen LogP contribution in [0.2, 0.25) is 0 Å². The van der Waals surface area contributed by atoms with Gasteiger partial charge in [-0.3, -0.25) is 0 Å². The van der Waals surface area contributed by atoms with Crippen molar-refractivity contribution in [3.63, 3.8) is 0 Å². The Labute approximate surface area is 102 Å². The Bertz CT molecular complexity index is 469. The van der Waals surface area contributed by atoms with Gasteiger partial charge in [0.25, 0.3) is 0 Å². The molecule has 1 aromatic carbocycles. The second-order valence-corrected chi connectivity index (χ2v) is 3.81. The van der Waals surface area contributed by atoms with E-state index in [1.807, 2.05) is 0 Å². The molecule has 6 heteroatoms. The molecule has 0 fully saturated rings. The van der Waals surface area contributed by atoms with Crippen molar-refractivity contribution in [1.29, 1.82) is 0 Å². The molecule has 3 nitrogen and oxygen atoms in total. The Morgan fingerprint density at radius 3 is 2.56 bits per heavy atom. The van der Waals surface area contributed by atoms with Crippen LogP contribution in [-0.2, 0) is 4.79 Å². The molecule has 0 aromatic heterocycles. The molecule has 0 spiro atoms. The summed E-state index contributed by atoms with van der Waals surface area (Å²) in [4.78, 5) is 11.7. The predicted octanol–water partition coefficient (Wildman–Crippen LogP) is 2.78. The lowest BCUT2D eigenvalue weighted by Crippen LogP contribution is -2.30. The van der Waals surface area contributed by atoms with E-state index in [2.05, 4.69) is 6.58 Å². The van der Waals surface area contributed by atoms with Crippen LogP contribution in [0.5, 0.6) is 0 Å². The first kappa shape index (κ1) is 14.1. The Morgan fingerprint density at radius 1 is 1.44 bits per heavy atom. The van der Waals surface area contributed by atoms with E-state index in [0.717, 1.165) is 4.90 Å². The van der Waals surface area contributed by atoms with E-state index in [-0.39, 0.29) is 16.8 Å². The number of nitrogens with zero attached hydrogens (tertiary/aromatic N) is 1. The highest BCUT2D eigenvalue weighted by Crippen LogP contribution is 2.23. The molecular formula is C12H12F3NO2. The van der Waals surface area contributed by atoms with Crippen LogP contribution in [0.15, 0.2) is 30.8 Å². The van der Waals surface area contributed by atoms with Gasteiger partial charge in [0, 0.05) is 12.7 Å². The van der Waals surface area contributed by atoms with Crippen LogP contribution < -0.4 is 4.90 Å². The fourth-order valence-electron chi connectivity index (χ4n) is 1.41. The Hall–Kier alpha value is -1.98. The Kier molecular flexibility index (Phi) is 4.00. The molecule has 0 bridgehead atoms. The van der Waals surface area contributed by atoms with Gasteiger partial charge in [0.2, 0.25) is 0 Å². The first-order chi connectivity index (χ1) is 8.20. The zero-order valence-corrected chi connectivity index (χ0v) is 9.66. The molecule has 0 heterocycles. The molecule has 1 aromatic rings. The highest BCUT2D eigenvalue weighted by molar-refractivity contribution is 6.14. The summed E-state index contributed by atoms with van der Waals surface area (Å²) in [6.45, 7) is 2.26. The minimum Gasteiger partial charge on any atom is -0.478 e. The number of anilines is 1. The number of alkyl halides is 3. The van der Waals surface area contributed by atoms with Crippen molar-refractivity contribution in [2.75, 3.05) is 18.5 Å². The molecule has 0 atom stereocenters. The molecule has 0 saturated carbocycles. The van der Waals surface area contributed by atoms with Crippen molar-refractivity contribution in [3.05, 3.63) is 36.4 Å². The standard InChI is InChI=1S/C12H12F3NO2/c1-8(11(17)18)9-4-3-5-10(6-9)16(2)7-12(13,14)15/h3-6H,1,7H2,2H3,(H,17,18). The molecule has 18 heavy (non-hydrogen) atoms. The molecule has 0 aliphatic carbocycles. The van der Waals surface area contributed by atoms with Crippen LogP contribution in [0.4, 0.5) is 18.9 Å². The molecule has 0 saturated heterocycles. The molecule has 1 rings (SSSR count). The largest absolute Gasteiger partial charge is 0.478 e. The van der Waals surface area contributed by atoms with Crippen LogP contribution in [0, 0.1) is 0 Å². The predicted molar refractivity (Wildman–Crippen MR) is 62.4 cm³/mol. The monoisotopic (exact) mass is 259 g/mol. The van der Waals surface area contributed by atoms with Crippen LogP contribution in [-0.4, -0.2) is 30.8 Å². The lowest BCUT2D eigenvalue weighted by molar-refractivity contribution is -0.130. The van der Waals surface area contributed by atoms with Gasteiger partial charge < -0.3 is 10.0 Å². The minimum atomic E-state index is -4.31. The summed E-state index contributed by atoms with van der Waals surface area (Å²) < 4.78 is 36.7. The summed E-state index contributed by atoms with van der Waals surface area (Å²) in [5.41, 5.74) is 0.415. The van der Waals surface area contributed by atoms with Crippen LogP contribution in [0.1, 0.15) is 5.56 Å². The van der Waals surface area contributed by atoms with Crippen molar-refractivity contribution >= 4 is 17.2 Å². The zero-order valence-electron chi connectivity index (χ0n) is 9.66. The maximum absolute atomic E-state index is 12.2. The van der Waals surface area contributed by atoms with Gasteiger partial charge in [-0.15, -0.1) is 0 Å². The van der Waals surface area contributed by atoms with Crippen molar-refractivity contribution in [2.45, 2.75) is 6.18 Å². The summed E-state index contributed by atoms with van der Waals surface area (Å²) in [6.07, 6.45) is -4.31. The number of halogens is 3. The van der Waals surface area contributed by atoms with Gasteiger partial charge in [-0.1, -0.05) is 18.7 Å². The van der Waals surface area contributed by atoms with Gasteiger partial charge >= 0.3 is 12.1 Å². The number of rotatable bonds is 4. The number of hydrogen-bond acceptors (Lipinski definition) is 2. The Balaban J connectivity index is 2.95. The lowest BCUT2D eigenvalue weighted by Gasteiger charge is -2.21. The van der Waals surface area contributed by atoms with Crippen molar-refractivity contribution in [1.82, 2.24) is 0 Å². The summed E-state index contributed by atoms with van der Waals surface area (Å²) >= 11 is 0. The maximum atomic E-state index is 12.2. The molecule has 0 unspecified atom stereocenters. The third kappa shape index (κ3) is 3.80. The normalized spacial score (nSPS) is 11.1. The fraction of sp³-hybridized carbons (Fsp3) is 0.250. The Morgan fingerprint density at radius 2 is 2.06 bits per heavy atom. The summed E-state index contributed by atoms with van der Waals surface area (Å²) in [6, 6.07) is 5.82. The van der Waals surface area contributed by atoms with Crippen molar-refractivity contribution in [3.8, 4) is 0 Å². The summed E-state index contributed by atoms with van der Waals surface area (Å²) in [7, 11) is 1.29. The zero-order chi connectivity index (χ0) is 13.9. The smallest absolute Gasteiger partial charge is 0.405 e. The van der Waals surface area contributed by atoms with Gasteiger partial charge in [0.1, 0.15) is 6.54 Å². The number of hydrogen-bond donors (Lipinski definition) is 1. The van der Waals surface area contributed by atoms with Gasteiger partial charge in [0.15, 0.2) is 0 Å². The van der Waals surface area contributed by atoms with E-state index in [0.29, 0.717) is 0 Å². The molecule has 0 amide bonds. The first-order valence-electron chi connectivity index (χ1n) is 5.01. The van der Waals surface area contributed by atoms with E-state index >= 15 is 0 Å². The summed E-state index contributed by atoms with van der Waals surface area (Å²) in [5.74, 6) is -1.20. The maximum Gasteiger partial charge on any atom is 0.405 e. The van der Waals surface area contributed by atoms with Gasteiger partial charge in [-0.05, 0) is 17.7 Å². The average molecular weight is 259 g/mol. The third-order valence-electron chi connectivity index (χ3n) is 2.31. The molecule has 0 radical (unpaired) electrons. The first-order valence-corrected chi connectivity index (χ1v) is 5.01. The van der Waals surface area contributed by atoms with Gasteiger partial charge in [-0.2, -0.15) is 13.2 Å². The van der Waals surface area contributed by atoms with E-state index in [9.17, 15) is 18.0 Å². The minimum absolute atomic E-state index is 0.155. The van der Waals surface area contributed by atoms with Gasteiger partial charge in [-0.25, -0.2) is 4.79 Å². The topological polar surface area (TPSA) is 40.5 Å². The lowest BCUT2D eigenvalue weighted by atomic mass is 10.1. The molecule has 0 aliphatic heterocycles. The fourth-order valence-corrected chi connectivity index (χ4v) is 1.41.